The lowest BCUT2D eigenvalue weighted by atomic mass is 10.0. The third kappa shape index (κ3) is 63.2. The predicted molar refractivity (Wildman–Crippen MR) is 339 cm³/mol. The Labute approximate surface area is 484 Å². The number of phosphoric acid groups is 1. The van der Waals surface area contributed by atoms with E-state index in [0.29, 0.717) is 6.42 Å². The molecule has 10 heteroatoms. The number of carbonyl (C=O) groups is 2. The van der Waals surface area contributed by atoms with Crippen molar-refractivity contribution in [1.29, 1.82) is 0 Å². The van der Waals surface area contributed by atoms with E-state index in [4.69, 9.17) is 24.3 Å². The van der Waals surface area contributed by atoms with Crippen LogP contribution in [0.2, 0.25) is 0 Å². The zero-order chi connectivity index (χ0) is 57.3. The van der Waals surface area contributed by atoms with Crippen LogP contribution in [-0.4, -0.2) is 49.3 Å². The fourth-order valence-corrected chi connectivity index (χ4v) is 9.13. The third-order valence-corrected chi connectivity index (χ3v) is 14.0. The molecule has 0 fully saturated rings. The zero-order valence-corrected chi connectivity index (χ0v) is 51.2. The lowest BCUT2D eigenvalue weighted by Crippen LogP contribution is -2.29. The van der Waals surface area contributed by atoms with Crippen LogP contribution in [0.15, 0.2) is 134 Å². The molecule has 0 bridgehead atoms. The number of nitrogens with two attached hydrogens (primary N) is 1. The van der Waals surface area contributed by atoms with E-state index in [9.17, 15) is 19.0 Å². The van der Waals surface area contributed by atoms with E-state index < -0.39 is 32.5 Å². The highest BCUT2D eigenvalue weighted by molar-refractivity contribution is 7.47. The number of hydrogen-bond acceptors (Lipinski definition) is 8. The number of unbranched alkanes of at least 4 members (excludes halogenated alkanes) is 23. The number of esters is 2. The van der Waals surface area contributed by atoms with Crippen LogP contribution >= 0.6 is 7.82 Å². The van der Waals surface area contributed by atoms with Gasteiger partial charge in [0.25, 0.3) is 0 Å². The van der Waals surface area contributed by atoms with Crippen LogP contribution in [0, 0.1) is 0 Å². The van der Waals surface area contributed by atoms with Crippen molar-refractivity contribution in [1.82, 2.24) is 0 Å². The average molecular weight is 1120 g/mol. The molecule has 9 nitrogen and oxygen atoms in total. The molecule has 0 saturated heterocycles. The summed E-state index contributed by atoms with van der Waals surface area (Å²) in [6.45, 7) is 3.60. The quantitative estimate of drug-likeness (QED) is 0.0264. The van der Waals surface area contributed by atoms with E-state index in [1.807, 2.05) is 0 Å². The summed E-state index contributed by atoms with van der Waals surface area (Å²) in [7, 11) is -4.41. The molecule has 2 unspecified atom stereocenters. The first-order valence-electron chi connectivity index (χ1n) is 31.7. The first-order chi connectivity index (χ1) is 38.8. The number of hydrogen-bond donors (Lipinski definition) is 2. The fraction of sp³-hybridized carbons (Fsp3) is 0.652. The molecule has 0 spiro atoms. The van der Waals surface area contributed by atoms with Gasteiger partial charge in [0.05, 0.1) is 13.2 Å². The Morgan fingerprint density at radius 3 is 1.04 bits per heavy atom. The van der Waals surface area contributed by atoms with Crippen molar-refractivity contribution in [2.24, 2.45) is 5.73 Å². The molecule has 2 atom stereocenters. The molecule has 0 rings (SSSR count). The van der Waals surface area contributed by atoms with Gasteiger partial charge in [0, 0.05) is 19.4 Å². The van der Waals surface area contributed by atoms with Crippen LogP contribution in [0.5, 0.6) is 0 Å². The molecule has 0 aliphatic heterocycles. The summed E-state index contributed by atoms with van der Waals surface area (Å²) in [5, 5.41) is 0. The van der Waals surface area contributed by atoms with Gasteiger partial charge in [-0.25, -0.2) is 4.57 Å². The first-order valence-corrected chi connectivity index (χ1v) is 33.2. The number of allylic oxidation sites excluding steroid dienone is 22. The maximum absolute atomic E-state index is 12.7. The Bertz CT molecular complexity index is 1750. The van der Waals surface area contributed by atoms with Gasteiger partial charge in [-0.1, -0.05) is 263 Å². The van der Waals surface area contributed by atoms with Crippen molar-refractivity contribution in [2.75, 3.05) is 26.4 Å². The smallest absolute Gasteiger partial charge is 0.462 e. The molecule has 0 aliphatic rings. The van der Waals surface area contributed by atoms with Crippen LogP contribution in [-0.2, 0) is 32.7 Å². The summed E-state index contributed by atoms with van der Waals surface area (Å²) in [4.78, 5) is 35.3. The van der Waals surface area contributed by atoms with Crippen LogP contribution < -0.4 is 5.73 Å². The molecular weight excluding hydrogens is 1000 g/mol. The van der Waals surface area contributed by atoms with E-state index in [1.54, 1.807) is 0 Å². The van der Waals surface area contributed by atoms with Gasteiger partial charge in [0.2, 0.25) is 0 Å². The minimum Gasteiger partial charge on any atom is -0.462 e. The zero-order valence-electron chi connectivity index (χ0n) is 50.3. The summed E-state index contributed by atoms with van der Waals surface area (Å²) < 4.78 is 33.1. The fourth-order valence-electron chi connectivity index (χ4n) is 8.36. The van der Waals surface area contributed by atoms with Crippen molar-refractivity contribution in [3.63, 3.8) is 0 Å². The number of rotatable bonds is 58. The van der Waals surface area contributed by atoms with Crippen LogP contribution in [0.3, 0.4) is 0 Å². The summed E-state index contributed by atoms with van der Waals surface area (Å²) in [6, 6.07) is 0. The molecule has 0 aliphatic carbocycles. The van der Waals surface area contributed by atoms with Gasteiger partial charge in [0.1, 0.15) is 6.61 Å². The molecule has 0 saturated carbocycles. The van der Waals surface area contributed by atoms with E-state index in [0.717, 1.165) is 122 Å². The van der Waals surface area contributed by atoms with Gasteiger partial charge in [-0.05, 0) is 116 Å². The van der Waals surface area contributed by atoms with Gasteiger partial charge in [-0.3, -0.25) is 18.6 Å². The lowest BCUT2D eigenvalue weighted by Gasteiger charge is -2.19. The molecule has 0 radical (unpaired) electrons. The highest BCUT2D eigenvalue weighted by Gasteiger charge is 2.26. The standard InChI is InChI=1S/C69H116NO8P/c1-3-5-7-9-11-13-15-17-19-21-23-25-27-29-31-32-33-34-36-38-40-42-44-46-48-50-52-54-56-58-60-62-69(72)78-67(66-77-79(73,74)76-64-63-70)65-75-68(71)61-59-57-55-53-51-49-47-45-43-41-39-37-35-30-28-26-24-22-20-18-16-14-12-10-8-6-4-2/h5,7,11,13,16-19,22-25,28-31,33-34,38,40,44,46,67H,3-4,6,8-10,12,14-15,20-21,26-27,32,35-37,39,41-43,45,47-66,70H2,1-2H3,(H,73,74)/b7-5-,13-11-,18-16-,19-17-,24-22-,25-23-,30-28-,31-29-,34-33-,40-38-,46-44-. The second-order valence-corrected chi connectivity index (χ2v) is 22.0. The molecule has 0 aromatic carbocycles. The minimum atomic E-state index is -4.41. The normalized spacial score (nSPS) is 13.9. The molecule has 0 aromatic heterocycles. The van der Waals surface area contributed by atoms with Crippen LogP contribution in [0.4, 0.5) is 0 Å². The second kappa shape index (κ2) is 63.3. The van der Waals surface area contributed by atoms with Crippen molar-refractivity contribution in [2.45, 2.75) is 264 Å². The Morgan fingerprint density at radius 1 is 0.392 bits per heavy atom. The van der Waals surface area contributed by atoms with E-state index in [-0.39, 0.29) is 32.6 Å². The molecule has 0 aromatic rings. The molecular formula is C69H116NO8P. The Morgan fingerprint density at radius 2 is 0.696 bits per heavy atom. The largest absolute Gasteiger partial charge is 0.472 e. The number of ether oxygens (including phenoxy) is 2. The topological polar surface area (TPSA) is 134 Å². The predicted octanol–water partition coefficient (Wildman–Crippen LogP) is 20.5. The van der Waals surface area contributed by atoms with Crippen LogP contribution in [0.25, 0.3) is 0 Å². The molecule has 3 N–H and O–H groups in total. The van der Waals surface area contributed by atoms with Gasteiger partial charge in [0.15, 0.2) is 6.10 Å². The highest BCUT2D eigenvalue weighted by Crippen LogP contribution is 2.43. The van der Waals surface area contributed by atoms with E-state index in [1.165, 1.54) is 103 Å². The van der Waals surface area contributed by atoms with Crippen molar-refractivity contribution in [3.05, 3.63) is 134 Å². The summed E-state index contributed by atoms with van der Waals surface area (Å²) in [5.74, 6) is -0.852. The van der Waals surface area contributed by atoms with Gasteiger partial charge < -0.3 is 20.1 Å². The van der Waals surface area contributed by atoms with Crippen molar-refractivity contribution < 1.29 is 37.6 Å². The van der Waals surface area contributed by atoms with Gasteiger partial charge in [-0.2, -0.15) is 0 Å². The Hall–Kier alpha value is -3.85. The van der Waals surface area contributed by atoms with Crippen LogP contribution in [0.1, 0.15) is 258 Å². The maximum Gasteiger partial charge on any atom is 0.472 e. The number of carbonyl (C=O) groups excluding carboxylic acids is 2. The second-order valence-electron chi connectivity index (χ2n) is 20.5. The minimum absolute atomic E-state index is 0.0436. The van der Waals surface area contributed by atoms with Gasteiger partial charge in [-0.15, -0.1) is 0 Å². The highest BCUT2D eigenvalue weighted by atomic mass is 31.2. The first kappa shape index (κ1) is 75.2. The summed E-state index contributed by atoms with van der Waals surface area (Å²) in [6.07, 6.45) is 89.4. The Balaban J connectivity index is 4.03. The number of phosphoric ester groups is 1. The Kier molecular flexibility index (Phi) is 60.2. The molecule has 0 amide bonds. The van der Waals surface area contributed by atoms with E-state index in [2.05, 4.69) is 148 Å². The maximum atomic E-state index is 12.7. The molecule has 79 heavy (non-hydrogen) atoms. The summed E-state index contributed by atoms with van der Waals surface area (Å²) in [5.41, 5.74) is 5.39. The molecule has 450 valence electrons. The lowest BCUT2D eigenvalue weighted by molar-refractivity contribution is -0.161. The van der Waals surface area contributed by atoms with Gasteiger partial charge >= 0.3 is 19.8 Å². The SMILES string of the molecule is CC/C=C\C/C=C\C/C=C\C/C=C\C/C=C\C/C=C\C/C=C\C/C=C\CCCCCCCCC(=O)OC(COC(=O)CCCCCCCCCCCCCC/C=C\C/C=C\C/C=C\CCCCCCC)COP(=O)(O)OCCN. The van der Waals surface area contributed by atoms with Crippen molar-refractivity contribution >= 4 is 19.8 Å². The monoisotopic (exact) mass is 1120 g/mol. The third-order valence-electron chi connectivity index (χ3n) is 13.0. The average Bonchev–Trinajstić information content (AvgIpc) is 3.44. The van der Waals surface area contributed by atoms with Crippen molar-refractivity contribution in [3.8, 4) is 0 Å². The molecule has 0 heterocycles. The summed E-state index contributed by atoms with van der Waals surface area (Å²) >= 11 is 0. The van der Waals surface area contributed by atoms with E-state index >= 15 is 0 Å².